The third-order valence-electron chi connectivity index (χ3n) is 10.6. The fourth-order valence-corrected chi connectivity index (χ4v) is 6.61. The summed E-state index contributed by atoms with van der Waals surface area (Å²) in [7, 11) is 0. The maximum Gasteiger partial charge on any atom is 0.306 e. The van der Waals surface area contributed by atoms with Crippen molar-refractivity contribution in [1.82, 2.24) is 0 Å². The highest BCUT2D eigenvalue weighted by molar-refractivity contribution is 5.71. The van der Waals surface area contributed by atoms with E-state index in [9.17, 15) is 14.4 Å². The molecule has 0 amide bonds. The summed E-state index contributed by atoms with van der Waals surface area (Å²) < 4.78 is 16.7. The van der Waals surface area contributed by atoms with Gasteiger partial charge in [0.15, 0.2) is 6.10 Å². The number of rotatable bonds is 46. The van der Waals surface area contributed by atoms with Gasteiger partial charge in [-0.1, -0.05) is 206 Å². The topological polar surface area (TPSA) is 78.9 Å². The molecule has 0 bridgehead atoms. The molecular weight excluding hydrogens is 829 g/mol. The Balaban J connectivity index is 4.54. The monoisotopic (exact) mass is 925 g/mol. The minimum Gasteiger partial charge on any atom is -0.462 e. The Hall–Kier alpha value is -4.45. The van der Waals surface area contributed by atoms with Crippen molar-refractivity contribution in [3.05, 3.63) is 134 Å². The highest BCUT2D eigenvalue weighted by Crippen LogP contribution is 2.12. The number of ether oxygens (including phenoxy) is 3. The van der Waals surface area contributed by atoms with E-state index in [2.05, 4.69) is 142 Å². The van der Waals surface area contributed by atoms with Crippen LogP contribution in [0.1, 0.15) is 213 Å². The van der Waals surface area contributed by atoms with E-state index in [0.717, 1.165) is 128 Å². The molecule has 0 fully saturated rings. The first-order valence-corrected chi connectivity index (χ1v) is 26.7. The second kappa shape index (κ2) is 54.2. The van der Waals surface area contributed by atoms with Crippen molar-refractivity contribution < 1.29 is 28.6 Å². The molecule has 0 heterocycles. The summed E-state index contributed by atoms with van der Waals surface area (Å²) in [5.74, 6) is -1.06. The maximum atomic E-state index is 12.8. The van der Waals surface area contributed by atoms with Crippen LogP contribution in [0, 0.1) is 0 Å². The molecule has 0 unspecified atom stereocenters. The van der Waals surface area contributed by atoms with Crippen LogP contribution >= 0.6 is 0 Å². The van der Waals surface area contributed by atoms with Crippen molar-refractivity contribution >= 4 is 17.9 Å². The van der Waals surface area contributed by atoms with Crippen LogP contribution < -0.4 is 0 Å². The van der Waals surface area contributed by atoms with Gasteiger partial charge < -0.3 is 14.2 Å². The Bertz CT molecular complexity index is 1480. The zero-order valence-electron chi connectivity index (χ0n) is 42.9. The highest BCUT2D eigenvalue weighted by Gasteiger charge is 2.19. The van der Waals surface area contributed by atoms with Crippen molar-refractivity contribution in [2.24, 2.45) is 0 Å². The van der Waals surface area contributed by atoms with Gasteiger partial charge in [0.25, 0.3) is 0 Å². The lowest BCUT2D eigenvalue weighted by Gasteiger charge is -2.18. The molecule has 376 valence electrons. The van der Waals surface area contributed by atoms with Crippen LogP contribution in [0.3, 0.4) is 0 Å². The van der Waals surface area contributed by atoms with Crippen molar-refractivity contribution in [1.29, 1.82) is 0 Å². The van der Waals surface area contributed by atoms with Crippen LogP contribution in [-0.4, -0.2) is 37.2 Å². The van der Waals surface area contributed by atoms with Crippen LogP contribution in [-0.2, 0) is 28.6 Å². The molecule has 0 aliphatic rings. The fraction of sp³-hybridized carbons (Fsp3) is 0.590. The molecule has 0 aromatic rings. The number of unbranched alkanes of at least 4 members (excludes halogenated alkanes) is 13. The second-order valence-corrected chi connectivity index (χ2v) is 17.0. The number of allylic oxidation sites excluding steroid dienone is 22. The van der Waals surface area contributed by atoms with Crippen LogP contribution in [0.2, 0.25) is 0 Å². The van der Waals surface area contributed by atoms with Crippen LogP contribution in [0.4, 0.5) is 0 Å². The zero-order valence-corrected chi connectivity index (χ0v) is 42.9. The van der Waals surface area contributed by atoms with E-state index in [1.807, 2.05) is 12.2 Å². The van der Waals surface area contributed by atoms with Gasteiger partial charge in [0.05, 0.1) is 0 Å². The van der Waals surface area contributed by atoms with E-state index >= 15 is 0 Å². The molecule has 6 heteroatoms. The van der Waals surface area contributed by atoms with Crippen molar-refractivity contribution in [2.45, 2.75) is 219 Å². The average molecular weight is 925 g/mol. The van der Waals surface area contributed by atoms with Gasteiger partial charge in [-0.25, -0.2) is 0 Å². The van der Waals surface area contributed by atoms with Gasteiger partial charge >= 0.3 is 17.9 Å². The lowest BCUT2D eigenvalue weighted by Crippen LogP contribution is -2.30. The molecule has 0 aromatic heterocycles. The van der Waals surface area contributed by atoms with Crippen molar-refractivity contribution in [2.75, 3.05) is 13.2 Å². The molecule has 0 aliphatic heterocycles. The van der Waals surface area contributed by atoms with E-state index in [0.29, 0.717) is 12.8 Å². The molecule has 0 aliphatic carbocycles. The molecule has 6 nitrogen and oxygen atoms in total. The molecule has 0 saturated carbocycles. The van der Waals surface area contributed by atoms with Gasteiger partial charge in [0.1, 0.15) is 13.2 Å². The summed E-state index contributed by atoms with van der Waals surface area (Å²) in [6, 6.07) is 0. The van der Waals surface area contributed by atoms with Gasteiger partial charge in [-0.2, -0.15) is 0 Å². The summed E-state index contributed by atoms with van der Waals surface area (Å²) in [6.07, 6.45) is 75.9. The minimum absolute atomic E-state index is 0.126. The SMILES string of the molecule is CC/C=C\C/C=C\C/C=C\C/C=C\C/C=C\CCCCCC(=O)OC[C@H](COC(=O)CC/C=C\C/C=C\C/C=C\C/C=C\C/C=C\CCCCC)OC(=O)CCCCCCC/C=C\CCCC. The Labute approximate surface area is 411 Å². The molecular formula is C61H96O6. The number of carbonyl (C=O) groups is 3. The van der Waals surface area contributed by atoms with Crippen molar-refractivity contribution in [3.63, 3.8) is 0 Å². The minimum atomic E-state index is -0.830. The van der Waals surface area contributed by atoms with Crippen LogP contribution in [0.15, 0.2) is 134 Å². The summed E-state index contributed by atoms with van der Waals surface area (Å²) in [5.41, 5.74) is 0. The van der Waals surface area contributed by atoms with Gasteiger partial charge in [-0.15, -0.1) is 0 Å². The normalized spacial score (nSPS) is 13.2. The van der Waals surface area contributed by atoms with E-state index in [-0.39, 0.29) is 44.0 Å². The predicted octanol–water partition coefficient (Wildman–Crippen LogP) is 17.9. The summed E-state index contributed by atoms with van der Waals surface area (Å²) in [6.45, 7) is 6.33. The number of hydrogen-bond donors (Lipinski definition) is 0. The molecule has 0 rings (SSSR count). The Morgan fingerprint density at radius 1 is 0.313 bits per heavy atom. The number of hydrogen-bond acceptors (Lipinski definition) is 6. The Morgan fingerprint density at radius 3 is 1.07 bits per heavy atom. The van der Waals surface area contributed by atoms with Crippen LogP contribution in [0.25, 0.3) is 0 Å². The molecule has 0 aromatic carbocycles. The summed E-state index contributed by atoms with van der Waals surface area (Å²) in [4.78, 5) is 38.0. The first-order valence-electron chi connectivity index (χ1n) is 26.7. The summed E-state index contributed by atoms with van der Waals surface area (Å²) in [5, 5.41) is 0. The first-order chi connectivity index (χ1) is 33.0. The molecule has 1 atom stereocenters. The van der Waals surface area contributed by atoms with Gasteiger partial charge in [-0.3, -0.25) is 14.4 Å². The van der Waals surface area contributed by atoms with E-state index in [1.54, 1.807) is 0 Å². The Kier molecular flexibility index (Phi) is 50.6. The molecule has 0 N–H and O–H groups in total. The van der Waals surface area contributed by atoms with Gasteiger partial charge in [0.2, 0.25) is 0 Å². The van der Waals surface area contributed by atoms with Gasteiger partial charge in [-0.05, 0) is 122 Å². The Morgan fingerprint density at radius 2 is 0.627 bits per heavy atom. The molecule has 0 spiro atoms. The smallest absolute Gasteiger partial charge is 0.306 e. The standard InChI is InChI=1S/C61H96O6/c1-4-7-10-13-16-19-22-24-26-28-30-32-34-36-39-41-44-47-50-53-59(62)65-56-58(67-61(64)55-52-49-46-43-38-21-18-15-12-9-6-3)57-66-60(63)54-51-48-45-42-40-37-35-33-31-29-27-25-23-20-17-14-11-8-5-2/h7,10,15-20,24-27,30-33,36-37,39-40,45,48,58H,4-6,8-9,11-14,21-23,28-29,34-35,38,41-44,46-47,49-57H2,1-3H3/b10-7-,18-15-,19-16-,20-17-,26-24-,27-25-,32-30-,33-31-,39-36-,40-37-,48-45-/t58-/m1/s1. The van der Waals surface area contributed by atoms with Crippen molar-refractivity contribution in [3.8, 4) is 0 Å². The first kappa shape index (κ1) is 62.5. The number of esters is 3. The van der Waals surface area contributed by atoms with E-state index in [4.69, 9.17) is 14.2 Å². The average Bonchev–Trinajstić information content (AvgIpc) is 3.33. The maximum absolute atomic E-state index is 12.8. The molecule has 0 saturated heterocycles. The number of carbonyl (C=O) groups excluding carboxylic acids is 3. The lowest BCUT2D eigenvalue weighted by atomic mass is 10.1. The lowest BCUT2D eigenvalue weighted by molar-refractivity contribution is -0.166. The summed E-state index contributed by atoms with van der Waals surface area (Å²) >= 11 is 0. The quantitative estimate of drug-likeness (QED) is 0.0262. The largest absolute Gasteiger partial charge is 0.462 e. The highest BCUT2D eigenvalue weighted by atomic mass is 16.6. The van der Waals surface area contributed by atoms with Gasteiger partial charge in [0, 0.05) is 19.3 Å². The second-order valence-electron chi connectivity index (χ2n) is 17.0. The predicted molar refractivity (Wildman–Crippen MR) is 288 cm³/mol. The molecule has 67 heavy (non-hydrogen) atoms. The third kappa shape index (κ3) is 52.4. The fourth-order valence-electron chi connectivity index (χ4n) is 6.61. The van der Waals surface area contributed by atoms with E-state index < -0.39 is 6.10 Å². The zero-order chi connectivity index (χ0) is 48.6. The third-order valence-corrected chi connectivity index (χ3v) is 10.6. The molecule has 0 radical (unpaired) electrons. The van der Waals surface area contributed by atoms with Crippen LogP contribution in [0.5, 0.6) is 0 Å². The van der Waals surface area contributed by atoms with E-state index in [1.165, 1.54) is 38.5 Å².